The zero-order chi connectivity index (χ0) is 45.5. The Morgan fingerprint density at radius 2 is 0.806 bits per heavy atom. The topological polar surface area (TPSA) is 149 Å². The van der Waals surface area contributed by atoms with E-state index in [2.05, 4.69) is 26.0 Å². The number of ether oxygens (including phenoxy) is 2. The largest absolute Gasteiger partial charge is 0.472 e. The van der Waals surface area contributed by atoms with Crippen molar-refractivity contribution in [3.63, 3.8) is 0 Å². The Bertz CT molecular complexity index is 1040. The van der Waals surface area contributed by atoms with Crippen molar-refractivity contribution < 1.29 is 47.8 Å². The molecule has 10 nitrogen and oxygen atoms in total. The third-order valence-corrected chi connectivity index (χ3v) is 12.6. The van der Waals surface area contributed by atoms with Gasteiger partial charge in [-0.15, -0.1) is 0 Å². The van der Waals surface area contributed by atoms with Gasteiger partial charge < -0.3 is 24.6 Å². The molecule has 0 aliphatic rings. The van der Waals surface area contributed by atoms with E-state index in [4.69, 9.17) is 23.6 Å². The fourth-order valence-electron chi connectivity index (χ4n) is 7.65. The number of aliphatic hydroxyl groups is 2. The first-order chi connectivity index (χ1) is 30.2. The van der Waals surface area contributed by atoms with E-state index in [0.717, 1.165) is 32.1 Å². The Morgan fingerprint density at radius 1 is 0.468 bits per heavy atom. The van der Waals surface area contributed by atoms with Crippen LogP contribution in [0.3, 0.4) is 0 Å². The number of hydrogen-bond acceptors (Lipinski definition) is 9. The van der Waals surface area contributed by atoms with E-state index in [-0.39, 0.29) is 19.4 Å². The van der Waals surface area contributed by atoms with Crippen LogP contribution in [0.4, 0.5) is 0 Å². The second-order valence-corrected chi connectivity index (χ2v) is 19.4. The highest BCUT2D eigenvalue weighted by Crippen LogP contribution is 2.43. The average molecular weight is 903 g/mol. The molecule has 3 N–H and O–H groups in total. The van der Waals surface area contributed by atoms with Gasteiger partial charge in [0.1, 0.15) is 12.7 Å². The van der Waals surface area contributed by atoms with Gasteiger partial charge in [0.15, 0.2) is 6.10 Å². The molecular weight excluding hydrogens is 804 g/mol. The summed E-state index contributed by atoms with van der Waals surface area (Å²) >= 11 is 0. The van der Waals surface area contributed by atoms with E-state index in [9.17, 15) is 24.2 Å². The molecule has 0 rings (SSSR count). The number of rotatable bonds is 50. The summed E-state index contributed by atoms with van der Waals surface area (Å²) in [6, 6.07) is 0. The predicted molar refractivity (Wildman–Crippen MR) is 256 cm³/mol. The smallest absolute Gasteiger partial charge is 0.462 e. The summed E-state index contributed by atoms with van der Waals surface area (Å²) in [6.07, 6.45) is 49.1. The Kier molecular flexibility index (Phi) is 46.7. The first-order valence-electron chi connectivity index (χ1n) is 26.1. The van der Waals surface area contributed by atoms with E-state index in [0.29, 0.717) is 12.8 Å². The molecule has 1 unspecified atom stereocenters. The fourth-order valence-corrected chi connectivity index (χ4v) is 8.44. The number of phosphoric acid groups is 1. The summed E-state index contributed by atoms with van der Waals surface area (Å²) in [4.78, 5) is 35.1. The molecule has 0 spiro atoms. The molecule has 0 aromatic heterocycles. The van der Waals surface area contributed by atoms with E-state index in [1.165, 1.54) is 193 Å². The van der Waals surface area contributed by atoms with Crippen molar-refractivity contribution in [2.24, 2.45) is 0 Å². The van der Waals surface area contributed by atoms with Gasteiger partial charge in [0.05, 0.1) is 19.8 Å². The number of carbonyl (C=O) groups excluding carboxylic acids is 2. The van der Waals surface area contributed by atoms with Crippen LogP contribution in [-0.2, 0) is 32.7 Å². The van der Waals surface area contributed by atoms with Gasteiger partial charge in [-0.3, -0.25) is 18.6 Å². The summed E-state index contributed by atoms with van der Waals surface area (Å²) in [7, 11) is -4.62. The lowest BCUT2D eigenvalue weighted by atomic mass is 10.0. The van der Waals surface area contributed by atoms with E-state index in [1.807, 2.05) is 0 Å². The van der Waals surface area contributed by atoms with Gasteiger partial charge in [-0.25, -0.2) is 4.57 Å². The van der Waals surface area contributed by atoms with Crippen molar-refractivity contribution in [2.75, 3.05) is 26.4 Å². The lowest BCUT2D eigenvalue weighted by molar-refractivity contribution is -0.161. The summed E-state index contributed by atoms with van der Waals surface area (Å²) in [5.41, 5.74) is 0. The van der Waals surface area contributed by atoms with E-state index < -0.39 is 51.8 Å². The number of allylic oxidation sites excluding steroid dienone is 2. The lowest BCUT2D eigenvalue weighted by Crippen LogP contribution is -2.29. The number of aliphatic hydroxyl groups excluding tert-OH is 2. The summed E-state index contributed by atoms with van der Waals surface area (Å²) in [5, 5.41) is 18.4. The van der Waals surface area contributed by atoms with Gasteiger partial charge in [0, 0.05) is 12.8 Å². The van der Waals surface area contributed by atoms with Crippen LogP contribution in [-0.4, -0.2) is 65.7 Å². The molecule has 3 atom stereocenters. The van der Waals surface area contributed by atoms with E-state index in [1.54, 1.807) is 0 Å². The molecule has 0 saturated heterocycles. The molecule has 0 aromatic rings. The summed E-state index contributed by atoms with van der Waals surface area (Å²) in [5.74, 6) is -0.945. The Hall–Kier alpha value is -1.29. The van der Waals surface area contributed by atoms with Gasteiger partial charge >= 0.3 is 19.8 Å². The SMILES string of the molecule is CCCCCCCCCCCCCCCCCCCC/C=C/CCCC(=O)OC[C@@H](COP(=O)(O)OC[C@H](O)CO)OC(=O)CCCCCCCCCCCCCCCCCC. The number of phosphoric ester groups is 1. The highest BCUT2D eigenvalue weighted by molar-refractivity contribution is 7.47. The van der Waals surface area contributed by atoms with Gasteiger partial charge in [-0.1, -0.05) is 231 Å². The molecule has 0 aromatic carbocycles. The molecule has 368 valence electrons. The zero-order valence-electron chi connectivity index (χ0n) is 40.4. The molecule has 0 radical (unpaired) electrons. The van der Waals surface area contributed by atoms with Crippen molar-refractivity contribution >= 4 is 19.8 Å². The molecule has 0 aliphatic heterocycles. The standard InChI is InChI=1S/C51H99O10P/c1-3-5-7-9-11-13-15-17-19-21-22-23-24-25-26-27-29-30-32-34-36-38-40-42-50(54)58-46-49(47-60-62(56,57)59-45-48(53)44-52)61-51(55)43-41-39-37-35-33-31-28-20-18-16-14-12-10-8-6-4-2/h34,36,48-49,52-53H,3-33,35,37-47H2,1-2H3,(H,56,57)/b36-34+/t48-,49+/m1/s1. The third-order valence-electron chi connectivity index (χ3n) is 11.7. The molecule has 0 bridgehead atoms. The minimum atomic E-state index is -4.62. The van der Waals surface area contributed by atoms with Gasteiger partial charge in [-0.05, 0) is 32.1 Å². The van der Waals surface area contributed by atoms with Crippen LogP contribution in [0.1, 0.15) is 264 Å². The zero-order valence-corrected chi connectivity index (χ0v) is 41.3. The lowest BCUT2D eigenvalue weighted by Gasteiger charge is -2.20. The maximum absolute atomic E-state index is 12.7. The molecule has 62 heavy (non-hydrogen) atoms. The van der Waals surface area contributed by atoms with Crippen molar-refractivity contribution in [3.8, 4) is 0 Å². The van der Waals surface area contributed by atoms with Gasteiger partial charge in [0.2, 0.25) is 0 Å². The maximum Gasteiger partial charge on any atom is 0.472 e. The molecule has 11 heteroatoms. The van der Waals surface area contributed by atoms with Crippen molar-refractivity contribution in [2.45, 2.75) is 276 Å². The van der Waals surface area contributed by atoms with Crippen LogP contribution in [0.2, 0.25) is 0 Å². The minimum Gasteiger partial charge on any atom is -0.462 e. The molecular formula is C51H99O10P. The number of esters is 2. The molecule has 0 amide bonds. The van der Waals surface area contributed by atoms with E-state index >= 15 is 0 Å². The van der Waals surface area contributed by atoms with Crippen LogP contribution in [0.15, 0.2) is 12.2 Å². The highest BCUT2D eigenvalue weighted by atomic mass is 31.2. The van der Waals surface area contributed by atoms with Crippen molar-refractivity contribution in [1.82, 2.24) is 0 Å². The summed E-state index contributed by atoms with van der Waals surface area (Å²) in [6.45, 7) is 2.41. The second kappa shape index (κ2) is 47.7. The number of carbonyl (C=O) groups is 2. The first kappa shape index (κ1) is 60.7. The molecule has 0 heterocycles. The van der Waals surface area contributed by atoms with Crippen LogP contribution in [0.5, 0.6) is 0 Å². The predicted octanol–water partition coefficient (Wildman–Crippen LogP) is 14.7. The average Bonchev–Trinajstić information content (AvgIpc) is 3.26. The molecule has 0 saturated carbocycles. The highest BCUT2D eigenvalue weighted by Gasteiger charge is 2.27. The molecule has 0 fully saturated rings. The summed E-state index contributed by atoms with van der Waals surface area (Å²) < 4.78 is 32.8. The van der Waals surface area contributed by atoms with Crippen LogP contribution in [0, 0.1) is 0 Å². The fraction of sp³-hybridized carbons (Fsp3) is 0.922. The third kappa shape index (κ3) is 46.7. The van der Waals surface area contributed by atoms with Crippen LogP contribution < -0.4 is 0 Å². The maximum atomic E-state index is 12.7. The quantitative estimate of drug-likeness (QED) is 0.0233. The first-order valence-corrected chi connectivity index (χ1v) is 27.6. The van der Waals surface area contributed by atoms with Gasteiger partial charge in [-0.2, -0.15) is 0 Å². The van der Waals surface area contributed by atoms with Crippen LogP contribution >= 0.6 is 7.82 Å². The number of unbranched alkanes of at least 4 members (excludes halogenated alkanes) is 34. The number of hydrogen-bond donors (Lipinski definition) is 3. The normalized spacial score (nSPS) is 13.7. The Balaban J connectivity index is 4.13. The second-order valence-electron chi connectivity index (χ2n) is 17.9. The Morgan fingerprint density at radius 3 is 1.21 bits per heavy atom. The Labute approximate surface area is 381 Å². The van der Waals surface area contributed by atoms with Crippen molar-refractivity contribution in [3.05, 3.63) is 12.2 Å². The molecule has 0 aliphatic carbocycles. The minimum absolute atomic E-state index is 0.185. The van der Waals surface area contributed by atoms with Gasteiger partial charge in [0.25, 0.3) is 0 Å². The van der Waals surface area contributed by atoms with Crippen LogP contribution in [0.25, 0.3) is 0 Å². The van der Waals surface area contributed by atoms with Crippen molar-refractivity contribution in [1.29, 1.82) is 0 Å². The monoisotopic (exact) mass is 903 g/mol.